The van der Waals surface area contributed by atoms with Crippen LogP contribution < -0.4 is 9.47 Å². The highest BCUT2D eigenvalue weighted by atomic mass is 16.5. The lowest BCUT2D eigenvalue weighted by Gasteiger charge is -2.41. The minimum Gasteiger partial charge on any atom is -0.496 e. The van der Waals surface area contributed by atoms with Crippen LogP contribution in [0.2, 0.25) is 0 Å². The highest BCUT2D eigenvalue weighted by Gasteiger charge is 2.34. The number of hydrogen-bond donors (Lipinski definition) is 1. The molecule has 2 aromatic rings. The van der Waals surface area contributed by atoms with Gasteiger partial charge in [-0.1, -0.05) is 48.6 Å². The maximum atomic E-state index is 10.1. The molecule has 1 aliphatic heterocycles. The second-order valence-electron chi connectivity index (χ2n) is 7.55. The molecule has 2 aromatic carbocycles. The summed E-state index contributed by atoms with van der Waals surface area (Å²) in [5, 5.41) is 10.1. The van der Waals surface area contributed by atoms with E-state index in [1.807, 2.05) is 48.5 Å². The molecule has 0 amide bonds. The zero-order chi connectivity index (χ0) is 19.7. The van der Waals surface area contributed by atoms with E-state index in [9.17, 15) is 5.11 Å². The number of piperidine rings is 1. The highest BCUT2D eigenvalue weighted by Crippen LogP contribution is 2.33. The summed E-state index contributed by atoms with van der Waals surface area (Å²) in [4.78, 5) is 2.42. The number of methoxy groups -OCH3 is 1. The second kappa shape index (κ2) is 10.3. The molecule has 1 unspecified atom stereocenters. The third-order valence-electron chi connectivity index (χ3n) is 5.52. The van der Waals surface area contributed by atoms with Crippen LogP contribution in [-0.2, 0) is 0 Å². The Labute approximate surface area is 168 Å². The van der Waals surface area contributed by atoms with Crippen LogP contribution in [0.3, 0.4) is 0 Å². The fraction of sp³-hybridized carbons (Fsp3) is 0.417. The third kappa shape index (κ3) is 5.60. The van der Waals surface area contributed by atoms with Crippen LogP contribution in [-0.4, -0.2) is 50.0 Å². The van der Waals surface area contributed by atoms with Gasteiger partial charge in [0.1, 0.15) is 11.5 Å². The van der Waals surface area contributed by atoms with E-state index in [1.165, 1.54) is 0 Å². The third-order valence-corrected chi connectivity index (χ3v) is 5.52. The number of ether oxygens (including phenoxy) is 2. The van der Waals surface area contributed by atoms with E-state index in [0.717, 1.165) is 56.0 Å². The van der Waals surface area contributed by atoms with E-state index in [1.54, 1.807) is 7.11 Å². The molecule has 28 heavy (non-hydrogen) atoms. The summed E-state index contributed by atoms with van der Waals surface area (Å²) in [6.07, 6.45) is 7.33. The van der Waals surface area contributed by atoms with Crippen molar-refractivity contribution in [3.8, 4) is 11.5 Å². The van der Waals surface area contributed by atoms with Gasteiger partial charge in [0, 0.05) is 24.1 Å². The quantitative estimate of drug-likeness (QED) is 0.705. The van der Waals surface area contributed by atoms with Crippen molar-refractivity contribution in [2.24, 2.45) is 5.41 Å². The highest BCUT2D eigenvalue weighted by molar-refractivity contribution is 5.57. The second-order valence-corrected chi connectivity index (χ2v) is 7.55. The standard InChI is InChI=1S/C24H31NO3/c1-27-23-13-6-5-9-21(23)10-7-16-25-17-8-14-24(19-25,20-26)15-18-28-22-11-3-2-4-12-22/h2-7,9-13,26H,8,14-20H2,1H3/b10-7+. The fourth-order valence-corrected chi connectivity index (χ4v) is 3.91. The summed E-state index contributed by atoms with van der Waals surface area (Å²) in [5.74, 6) is 1.78. The van der Waals surface area contributed by atoms with E-state index in [-0.39, 0.29) is 12.0 Å². The van der Waals surface area contributed by atoms with Gasteiger partial charge in [0.25, 0.3) is 0 Å². The van der Waals surface area contributed by atoms with Crippen LogP contribution in [0.5, 0.6) is 11.5 Å². The van der Waals surface area contributed by atoms with Crippen LogP contribution in [0.4, 0.5) is 0 Å². The van der Waals surface area contributed by atoms with Gasteiger partial charge >= 0.3 is 0 Å². The molecule has 1 N–H and O–H groups in total. The van der Waals surface area contributed by atoms with Crippen LogP contribution in [0.1, 0.15) is 24.8 Å². The van der Waals surface area contributed by atoms with Crippen LogP contribution in [0, 0.1) is 5.41 Å². The molecule has 4 nitrogen and oxygen atoms in total. The normalized spacial score (nSPS) is 20.4. The molecular weight excluding hydrogens is 350 g/mol. The van der Waals surface area contributed by atoms with Gasteiger partial charge < -0.3 is 14.6 Å². The van der Waals surface area contributed by atoms with E-state index in [0.29, 0.717) is 6.61 Å². The van der Waals surface area contributed by atoms with Crippen LogP contribution in [0.25, 0.3) is 6.08 Å². The molecule has 4 heteroatoms. The minimum absolute atomic E-state index is 0.0781. The van der Waals surface area contributed by atoms with Crippen molar-refractivity contribution >= 4 is 6.08 Å². The van der Waals surface area contributed by atoms with Crippen molar-refractivity contribution in [3.63, 3.8) is 0 Å². The van der Waals surface area contributed by atoms with Gasteiger partial charge in [-0.15, -0.1) is 0 Å². The van der Waals surface area contributed by atoms with Gasteiger partial charge in [-0.25, -0.2) is 0 Å². The number of aliphatic hydroxyl groups excluding tert-OH is 1. The first-order chi connectivity index (χ1) is 13.7. The van der Waals surface area contributed by atoms with Gasteiger partial charge in [0.2, 0.25) is 0 Å². The predicted octanol–water partition coefficient (Wildman–Crippen LogP) is 4.25. The molecule has 1 saturated heterocycles. The monoisotopic (exact) mass is 381 g/mol. The number of aliphatic hydroxyl groups is 1. The Kier molecular flexibility index (Phi) is 7.52. The van der Waals surface area contributed by atoms with Crippen molar-refractivity contribution in [2.75, 3.05) is 40.0 Å². The fourth-order valence-electron chi connectivity index (χ4n) is 3.91. The average Bonchev–Trinajstić information content (AvgIpc) is 2.75. The number of para-hydroxylation sites is 2. The van der Waals surface area contributed by atoms with Crippen molar-refractivity contribution in [1.82, 2.24) is 4.90 Å². The number of likely N-dealkylation sites (tertiary alicyclic amines) is 1. The molecular formula is C24H31NO3. The lowest BCUT2D eigenvalue weighted by Crippen LogP contribution is -2.46. The lowest BCUT2D eigenvalue weighted by molar-refractivity contribution is 0.0204. The van der Waals surface area contributed by atoms with Crippen molar-refractivity contribution < 1.29 is 14.6 Å². The molecule has 1 heterocycles. The molecule has 0 bridgehead atoms. The molecule has 0 radical (unpaired) electrons. The molecule has 0 aromatic heterocycles. The zero-order valence-electron chi connectivity index (χ0n) is 16.7. The Bertz CT molecular complexity index is 747. The molecule has 1 atom stereocenters. The van der Waals surface area contributed by atoms with Crippen molar-refractivity contribution in [3.05, 3.63) is 66.2 Å². The van der Waals surface area contributed by atoms with Gasteiger partial charge in [-0.3, -0.25) is 4.90 Å². The average molecular weight is 382 g/mol. The Morgan fingerprint density at radius 1 is 1.11 bits per heavy atom. The Morgan fingerprint density at radius 3 is 2.68 bits per heavy atom. The maximum Gasteiger partial charge on any atom is 0.126 e. The Morgan fingerprint density at radius 2 is 1.89 bits per heavy atom. The molecule has 0 spiro atoms. The molecule has 0 saturated carbocycles. The number of benzene rings is 2. The first-order valence-electron chi connectivity index (χ1n) is 10.1. The van der Waals surface area contributed by atoms with E-state index >= 15 is 0 Å². The minimum atomic E-state index is -0.0781. The molecule has 0 aliphatic carbocycles. The molecule has 3 rings (SSSR count). The molecule has 150 valence electrons. The number of rotatable bonds is 9. The largest absolute Gasteiger partial charge is 0.496 e. The maximum absolute atomic E-state index is 10.1. The number of nitrogens with zero attached hydrogens (tertiary/aromatic N) is 1. The van der Waals surface area contributed by atoms with Crippen molar-refractivity contribution in [1.29, 1.82) is 0 Å². The topological polar surface area (TPSA) is 41.9 Å². The Hall–Kier alpha value is -2.30. The van der Waals surface area contributed by atoms with Crippen molar-refractivity contribution in [2.45, 2.75) is 19.3 Å². The Balaban J connectivity index is 1.53. The summed E-state index contributed by atoms with van der Waals surface area (Å²) < 4.78 is 11.3. The first kappa shape index (κ1) is 20.4. The van der Waals surface area contributed by atoms with Gasteiger partial charge in [-0.05, 0) is 44.0 Å². The summed E-state index contributed by atoms with van der Waals surface area (Å²) in [6, 6.07) is 17.9. The summed E-state index contributed by atoms with van der Waals surface area (Å²) >= 11 is 0. The SMILES string of the molecule is COc1ccccc1/C=C/CN1CCCC(CO)(CCOc2ccccc2)C1. The zero-order valence-corrected chi connectivity index (χ0v) is 16.7. The van der Waals surface area contributed by atoms with Gasteiger partial charge in [-0.2, -0.15) is 0 Å². The summed E-state index contributed by atoms with van der Waals surface area (Å²) in [6.45, 7) is 3.68. The predicted molar refractivity (Wildman–Crippen MR) is 114 cm³/mol. The van der Waals surface area contributed by atoms with Crippen LogP contribution in [0.15, 0.2) is 60.7 Å². The van der Waals surface area contributed by atoms with Gasteiger partial charge in [0.15, 0.2) is 0 Å². The lowest BCUT2D eigenvalue weighted by atomic mass is 9.78. The smallest absolute Gasteiger partial charge is 0.126 e. The summed E-state index contributed by atoms with van der Waals surface area (Å²) in [5.41, 5.74) is 1.01. The number of hydrogen-bond acceptors (Lipinski definition) is 4. The molecule has 1 aliphatic rings. The first-order valence-corrected chi connectivity index (χ1v) is 10.1. The van der Waals surface area contributed by atoms with E-state index in [4.69, 9.17) is 9.47 Å². The van der Waals surface area contributed by atoms with Crippen LogP contribution >= 0.6 is 0 Å². The summed E-state index contributed by atoms with van der Waals surface area (Å²) in [7, 11) is 1.70. The molecule has 1 fully saturated rings. The van der Waals surface area contributed by atoms with E-state index in [2.05, 4.69) is 23.1 Å². The van der Waals surface area contributed by atoms with E-state index < -0.39 is 0 Å². The van der Waals surface area contributed by atoms with Gasteiger partial charge in [0.05, 0.1) is 20.3 Å².